The summed E-state index contributed by atoms with van der Waals surface area (Å²) in [4.78, 5) is 15.2. The number of para-hydroxylation sites is 1. The Balaban J connectivity index is 1.66. The predicted molar refractivity (Wildman–Crippen MR) is 109 cm³/mol. The van der Waals surface area contributed by atoms with Crippen LogP contribution < -0.4 is 15.8 Å². The number of methoxy groups -OCH3 is 1. The van der Waals surface area contributed by atoms with Gasteiger partial charge in [0.1, 0.15) is 5.75 Å². The lowest BCUT2D eigenvalue weighted by Gasteiger charge is -2.36. The fourth-order valence-corrected chi connectivity index (χ4v) is 4.80. The highest BCUT2D eigenvalue weighted by Gasteiger charge is 2.33. The molecule has 1 aromatic carbocycles. The van der Waals surface area contributed by atoms with Crippen molar-refractivity contribution in [2.75, 3.05) is 33.3 Å². The first kappa shape index (κ1) is 20.2. The normalized spacial score (nSPS) is 21.0. The van der Waals surface area contributed by atoms with Gasteiger partial charge in [-0.15, -0.1) is 0 Å². The number of carbonyl (C=O) groups excluding carboxylic acids is 1. The average Bonchev–Trinajstić information content (AvgIpc) is 3.23. The summed E-state index contributed by atoms with van der Waals surface area (Å²) in [6, 6.07) is 8.33. The van der Waals surface area contributed by atoms with E-state index in [0.29, 0.717) is 19.5 Å². The van der Waals surface area contributed by atoms with Gasteiger partial charge in [-0.1, -0.05) is 37.5 Å². The monoisotopic (exact) mass is 373 g/mol. The second kappa shape index (κ2) is 9.56. The van der Waals surface area contributed by atoms with Crippen molar-refractivity contribution < 1.29 is 9.53 Å². The first-order valence-electron chi connectivity index (χ1n) is 10.5. The minimum Gasteiger partial charge on any atom is -0.496 e. The zero-order valence-electron chi connectivity index (χ0n) is 16.7. The number of amides is 1. The molecule has 0 radical (unpaired) electrons. The molecule has 1 unspecified atom stereocenters. The van der Waals surface area contributed by atoms with Crippen molar-refractivity contribution in [3.8, 4) is 5.75 Å². The van der Waals surface area contributed by atoms with Crippen LogP contribution >= 0.6 is 0 Å². The summed E-state index contributed by atoms with van der Waals surface area (Å²) in [5.74, 6) is 1.04. The molecule has 2 fully saturated rings. The summed E-state index contributed by atoms with van der Waals surface area (Å²) in [7, 11) is 1.71. The number of hydrogen-bond donors (Lipinski definition) is 2. The van der Waals surface area contributed by atoms with Crippen molar-refractivity contribution in [2.24, 2.45) is 11.1 Å². The SMILES string of the molecule is COc1ccccc1C(CNC(=O)CC1(CN)CCCCC1)N1CCCC1. The number of nitrogens with one attached hydrogen (secondary N) is 1. The quantitative estimate of drug-likeness (QED) is 0.734. The highest BCUT2D eigenvalue weighted by atomic mass is 16.5. The number of rotatable bonds is 8. The van der Waals surface area contributed by atoms with Crippen molar-refractivity contribution >= 4 is 5.91 Å². The summed E-state index contributed by atoms with van der Waals surface area (Å²) < 4.78 is 5.59. The number of hydrogen-bond acceptors (Lipinski definition) is 4. The van der Waals surface area contributed by atoms with Crippen LogP contribution in [0.2, 0.25) is 0 Å². The van der Waals surface area contributed by atoms with Crippen LogP contribution in [0.15, 0.2) is 24.3 Å². The van der Waals surface area contributed by atoms with E-state index in [0.717, 1.165) is 37.2 Å². The van der Waals surface area contributed by atoms with Gasteiger partial charge in [-0.2, -0.15) is 0 Å². The van der Waals surface area contributed by atoms with Crippen LogP contribution in [0.3, 0.4) is 0 Å². The van der Waals surface area contributed by atoms with Crippen LogP contribution in [0.4, 0.5) is 0 Å². The molecule has 150 valence electrons. The van der Waals surface area contributed by atoms with Gasteiger partial charge in [-0.3, -0.25) is 9.69 Å². The molecule has 1 saturated carbocycles. The van der Waals surface area contributed by atoms with E-state index in [2.05, 4.69) is 16.3 Å². The molecule has 1 aliphatic heterocycles. The minimum absolute atomic E-state index is 0.00983. The summed E-state index contributed by atoms with van der Waals surface area (Å²) in [5, 5.41) is 3.22. The van der Waals surface area contributed by atoms with Gasteiger partial charge in [0, 0.05) is 18.5 Å². The molecule has 2 aliphatic rings. The topological polar surface area (TPSA) is 67.6 Å². The maximum absolute atomic E-state index is 12.8. The summed E-state index contributed by atoms with van der Waals surface area (Å²) in [6.07, 6.45) is 8.82. The Hall–Kier alpha value is -1.59. The Morgan fingerprint density at radius 2 is 1.89 bits per heavy atom. The van der Waals surface area contributed by atoms with Crippen LogP contribution in [-0.4, -0.2) is 44.1 Å². The zero-order valence-corrected chi connectivity index (χ0v) is 16.7. The summed E-state index contributed by atoms with van der Waals surface area (Å²) in [5.41, 5.74) is 7.24. The number of nitrogens with zero attached hydrogens (tertiary/aromatic N) is 1. The van der Waals surface area contributed by atoms with E-state index in [1.807, 2.05) is 18.2 Å². The van der Waals surface area contributed by atoms with E-state index in [4.69, 9.17) is 10.5 Å². The maximum atomic E-state index is 12.8. The molecule has 0 bridgehead atoms. The van der Waals surface area contributed by atoms with Crippen molar-refractivity contribution in [3.63, 3.8) is 0 Å². The van der Waals surface area contributed by atoms with Crippen LogP contribution in [-0.2, 0) is 4.79 Å². The second-order valence-electron chi connectivity index (χ2n) is 8.25. The third-order valence-electron chi connectivity index (χ3n) is 6.45. The molecule has 1 heterocycles. The maximum Gasteiger partial charge on any atom is 0.220 e. The van der Waals surface area contributed by atoms with Crippen LogP contribution in [0, 0.1) is 5.41 Å². The molecule has 0 aromatic heterocycles. The lowest BCUT2D eigenvalue weighted by Crippen LogP contribution is -2.41. The zero-order chi connectivity index (χ0) is 19.1. The molecular formula is C22H35N3O2. The average molecular weight is 374 g/mol. The number of likely N-dealkylation sites (tertiary alicyclic amines) is 1. The summed E-state index contributed by atoms with van der Waals surface area (Å²) in [6.45, 7) is 3.39. The highest BCUT2D eigenvalue weighted by molar-refractivity contribution is 5.76. The lowest BCUT2D eigenvalue weighted by atomic mass is 9.71. The number of nitrogens with two attached hydrogens (primary N) is 1. The number of ether oxygens (including phenoxy) is 1. The molecule has 27 heavy (non-hydrogen) atoms. The third kappa shape index (κ3) is 5.02. The summed E-state index contributed by atoms with van der Waals surface area (Å²) >= 11 is 0. The van der Waals surface area contributed by atoms with E-state index in [9.17, 15) is 4.79 Å². The third-order valence-corrected chi connectivity index (χ3v) is 6.45. The molecule has 1 atom stereocenters. The second-order valence-corrected chi connectivity index (χ2v) is 8.25. The molecule has 1 saturated heterocycles. The van der Waals surface area contributed by atoms with Crippen LogP contribution in [0.1, 0.15) is 63.0 Å². The molecule has 3 rings (SSSR count). The van der Waals surface area contributed by atoms with Gasteiger partial charge in [-0.25, -0.2) is 0 Å². The smallest absolute Gasteiger partial charge is 0.220 e. The molecule has 1 aromatic rings. The van der Waals surface area contributed by atoms with Crippen molar-refractivity contribution in [1.82, 2.24) is 10.2 Å². The lowest BCUT2D eigenvalue weighted by molar-refractivity contribution is -0.124. The van der Waals surface area contributed by atoms with Crippen molar-refractivity contribution in [2.45, 2.75) is 57.4 Å². The number of benzene rings is 1. The predicted octanol–water partition coefficient (Wildman–Crippen LogP) is 3.25. The Bertz CT molecular complexity index is 607. The van der Waals surface area contributed by atoms with Gasteiger partial charge in [0.2, 0.25) is 5.91 Å². The Morgan fingerprint density at radius 3 is 2.56 bits per heavy atom. The first-order chi connectivity index (χ1) is 13.2. The molecule has 3 N–H and O–H groups in total. The van der Waals surface area contributed by atoms with Gasteiger partial charge in [0.05, 0.1) is 13.2 Å². The number of carbonyl (C=O) groups is 1. The van der Waals surface area contributed by atoms with E-state index in [1.165, 1.54) is 32.1 Å². The van der Waals surface area contributed by atoms with Crippen molar-refractivity contribution in [3.05, 3.63) is 29.8 Å². The minimum atomic E-state index is 0.00983. The fourth-order valence-electron chi connectivity index (χ4n) is 4.80. The fraction of sp³-hybridized carbons (Fsp3) is 0.682. The van der Waals surface area contributed by atoms with Gasteiger partial charge >= 0.3 is 0 Å². The van der Waals surface area contributed by atoms with Crippen molar-refractivity contribution in [1.29, 1.82) is 0 Å². The first-order valence-corrected chi connectivity index (χ1v) is 10.5. The van der Waals surface area contributed by atoms with E-state index in [1.54, 1.807) is 7.11 Å². The van der Waals surface area contributed by atoms with Gasteiger partial charge in [0.15, 0.2) is 0 Å². The van der Waals surface area contributed by atoms with E-state index < -0.39 is 0 Å². The molecule has 5 nitrogen and oxygen atoms in total. The Kier molecular flexibility index (Phi) is 7.13. The largest absolute Gasteiger partial charge is 0.496 e. The molecule has 5 heteroatoms. The van der Waals surface area contributed by atoms with Crippen LogP contribution in [0.25, 0.3) is 0 Å². The van der Waals surface area contributed by atoms with Gasteiger partial charge in [0.25, 0.3) is 0 Å². The van der Waals surface area contributed by atoms with Gasteiger partial charge in [-0.05, 0) is 56.8 Å². The van der Waals surface area contributed by atoms with Gasteiger partial charge < -0.3 is 15.8 Å². The van der Waals surface area contributed by atoms with Crippen LogP contribution in [0.5, 0.6) is 5.75 Å². The standard InChI is InChI=1S/C22H35N3O2/c1-27-20-10-4-3-9-18(20)19(25-13-7-8-14-25)16-24-21(26)15-22(17-23)11-5-2-6-12-22/h3-4,9-10,19H,2,5-8,11-17,23H2,1H3,(H,24,26). The highest BCUT2D eigenvalue weighted by Crippen LogP contribution is 2.38. The molecular weight excluding hydrogens is 338 g/mol. The van der Waals surface area contributed by atoms with E-state index in [-0.39, 0.29) is 17.4 Å². The molecule has 0 spiro atoms. The van der Waals surface area contributed by atoms with E-state index >= 15 is 0 Å². The molecule has 1 aliphatic carbocycles. The Labute approximate surface area is 163 Å². The molecule has 1 amide bonds. The Morgan fingerprint density at radius 1 is 1.19 bits per heavy atom.